The van der Waals surface area contributed by atoms with Crippen LogP contribution < -0.4 is 0 Å². The summed E-state index contributed by atoms with van der Waals surface area (Å²) in [4.78, 5) is 3.85. The molecular formula is C24H26NO2Y-. The molecule has 1 saturated carbocycles. The Labute approximate surface area is 192 Å². The Hall–Kier alpha value is -1.05. The monoisotopic (exact) mass is 449 g/mol. The van der Waals surface area contributed by atoms with E-state index in [1.165, 1.54) is 11.1 Å². The average molecular weight is 449 g/mol. The smallest absolute Gasteiger partial charge is 0.229 e. The molecule has 3 nitrogen and oxygen atoms in total. The number of nitrogens with zero attached hydrogens (tertiary/aromatic N) is 1. The first-order chi connectivity index (χ1) is 13.2. The van der Waals surface area contributed by atoms with Crippen LogP contribution in [0.3, 0.4) is 0 Å². The number of benzene rings is 2. The van der Waals surface area contributed by atoms with Crippen molar-refractivity contribution in [3.63, 3.8) is 0 Å². The Morgan fingerprint density at radius 2 is 2.04 bits per heavy atom. The van der Waals surface area contributed by atoms with Gasteiger partial charge in [0, 0.05) is 51.0 Å². The average Bonchev–Trinajstić information content (AvgIpc) is 3.22. The fraction of sp³-hybridized carbons (Fsp3) is 0.458. The Bertz CT molecular complexity index is 832. The molecule has 28 heavy (non-hydrogen) atoms. The van der Waals surface area contributed by atoms with E-state index in [9.17, 15) is 10.2 Å². The van der Waals surface area contributed by atoms with Crippen LogP contribution >= 0.6 is 0 Å². The van der Waals surface area contributed by atoms with E-state index in [1.54, 1.807) is 0 Å². The van der Waals surface area contributed by atoms with Crippen LogP contribution in [-0.2, 0) is 45.6 Å². The molecule has 2 aromatic rings. The van der Waals surface area contributed by atoms with E-state index in [0.717, 1.165) is 43.2 Å². The van der Waals surface area contributed by atoms with Gasteiger partial charge in [-0.25, -0.2) is 6.57 Å². The van der Waals surface area contributed by atoms with Gasteiger partial charge in [-0.15, -0.1) is 0 Å². The van der Waals surface area contributed by atoms with Gasteiger partial charge in [-0.05, 0) is 36.0 Å². The third kappa shape index (κ3) is 4.41. The van der Waals surface area contributed by atoms with Gasteiger partial charge >= 0.3 is 0 Å². The first-order valence-electron chi connectivity index (χ1n) is 9.98. The summed E-state index contributed by atoms with van der Waals surface area (Å²) < 4.78 is 0. The van der Waals surface area contributed by atoms with E-state index in [4.69, 9.17) is 6.57 Å². The molecule has 0 aromatic heterocycles. The number of aliphatic hydroxyl groups is 2. The predicted octanol–water partition coefficient (Wildman–Crippen LogP) is 4.24. The van der Waals surface area contributed by atoms with Gasteiger partial charge in [0.1, 0.15) is 0 Å². The predicted molar refractivity (Wildman–Crippen MR) is 105 cm³/mol. The first kappa shape index (κ1) is 21.7. The van der Waals surface area contributed by atoms with E-state index in [2.05, 4.69) is 29.1 Å². The molecule has 4 rings (SSSR count). The van der Waals surface area contributed by atoms with Gasteiger partial charge < -0.3 is 15.1 Å². The summed E-state index contributed by atoms with van der Waals surface area (Å²) in [6, 6.07) is 17.5. The van der Waals surface area contributed by atoms with Gasteiger partial charge in [0.05, 0.1) is 12.2 Å². The summed E-state index contributed by atoms with van der Waals surface area (Å²) in [5.41, 5.74) is 4.58. The van der Waals surface area contributed by atoms with Crippen molar-refractivity contribution in [3.8, 4) is 0 Å². The molecule has 5 atom stereocenters. The number of hydrogen-bond acceptors (Lipinski definition) is 2. The Balaban J connectivity index is 0.00000225. The van der Waals surface area contributed by atoms with Crippen LogP contribution in [0.2, 0.25) is 0 Å². The van der Waals surface area contributed by atoms with Crippen molar-refractivity contribution in [2.45, 2.75) is 62.7 Å². The molecule has 0 bridgehead atoms. The molecule has 1 fully saturated rings. The van der Waals surface area contributed by atoms with Crippen molar-refractivity contribution in [1.82, 2.24) is 0 Å². The van der Waals surface area contributed by atoms with Crippen molar-refractivity contribution in [1.29, 1.82) is 0 Å². The molecule has 0 saturated heterocycles. The first-order valence-corrected chi connectivity index (χ1v) is 9.98. The number of aliphatic hydroxyl groups excluding tert-OH is 2. The zero-order valence-corrected chi connectivity index (χ0v) is 18.9. The second kappa shape index (κ2) is 9.64. The minimum atomic E-state index is -0.457. The fourth-order valence-corrected chi connectivity index (χ4v) is 5.02. The molecule has 1 radical (unpaired) electrons. The second-order valence-electron chi connectivity index (χ2n) is 7.98. The van der Waals surface area contributed by atoms with Gasteiger partial charge in [-0.1, -0.05) is 31.0 Å². The van der Waals surface area contributed by atoms with Crippen LogP contribution in [-0.4, -0.2) is 22.4 Å². The summed E-state index contributed by atoms with van der Waals surface area (Å²) in [5.74, 6) is 0.206. The van der Waals surface area contributed by atoms with Crippen LogP contribution in [0.4, 0.5) is 0 Å². The quantitative estimate of drug-likeness (QED) is 0.671. The van der Waals surface area contributed by atoms with Gasteiger partial charge in [0.25, 0.3) is 0 Å². The van der Waals surface area contributed by atoms with Crippen LogP contribution in [0.1, 0.15) is 60.0 Å². The Morgan fingerprint density at radius 1 is 1.18 bits per heavy atom. The summed E-state index contributed by atoms with van der Waals surface area (Å²) in [5, 5.41) is 20.8. The molecule has 0 amide bonds. The molecule has 3 unspecified atom stereocenters. The number of fused-ring (bicyclic) bond motifs is 1. The molecule has 4 heteroatoms. The van der Waals surface area contributed by atoms with Crippen LogP contribution in [0.25, 0.3) is 4.85 Å². The van der Waals surface area contributed by atoms with E-state index in [1.807, 2.05) is 24.3 Å². The zero-order chi connectivity index (χ0) is 18.8. The van der Waals surface area contributed by atoms with Crippen LogP contribution in [0, 0.1) is 18.6 Å². The third-order valence-corrected chi connectivity index (χ3v) is 6.37. The molecular weight excluding hydrogens is 423 g/mol. The van der Waals surface area contributed by atoms with Crippen molar-refractivity contribution < 1.29 is 42.9 Å². The maximum atomic E-state index is 10.7. The molecule has 2 aliphatic carbocycles. The number of aryl methyl sites for hydroxylation is 2. The largest absolute Gasteiger partial charge is 0.392 e. The molecule has 2 N–H and O–H groups in total. The van der Waals surface area contributed by atoms with Crippen LogP contribution in [0.5, 0.6) is 0 Å². The Kier molecular flexibility index (Phi) is 7.45. The molecule has 2 aliphatic rings. The molecule has 2 aromatic carbocycles. The van der Waals surface area contributed by atoms with E-state index in [0.29, 0.717) is 6.42 Å². The summed E-state index contributed by atoms with van der Waals surface area (Å²) >= 11 is 0. The van der Waals surface area contributed by atoms with Crippen molar-refractivity contribution in [2.75, 3.05) is 0 Å². The summed E-state index contributed by atoms with van der Waals surface area (Å²) in [6.07, 6.45) is 4.35. The minimum Gasteiger partial charge on any atom is -0.392 e. The Morgan fingerprint density at radius 3 is 2.79 bits per heavy atom. The number of rotatable bonds is 5. The van der Waals surface area contributed by atoms with Gasteiger partial charge in [-0.2, -0.15) is 35.9 Å². The standard InChI is InChI=1S/C24H26NO2.Y/c1-25-21-15-23(27)24(18-10-12-19-17(14-18)11-13-22(19)26)20(21)9-5-8-16-6-3-2-4-7-16;/h2-4,6,10,12,14,20-24,26-27H,5,8-9,11,13,15H2;/q-1;/t20?,21-,22?,23-,24?;/m1./s1. The summed E-state index contributed by atoms with van der Waals surface area (Å²) in [6.45, 7) is 7.60. The van der Waals surface area contributed by atoms with Gasteiger partial charge in [-0.3, -0.25) is 0 Å². The maximum absolute atomic E-state index is 10.7. The summed E-state index contributed by atoms with van der Waals surface area (Å²) in [7, 11) is 0. The normalized spacial score (nSPS) is 28.4. The third-order valence-electron chi connectivity index (χ3n) is 6.37. The molecule has 0 aliphatic heterocycles. The molecule has 0 spiro atoms. The van der Waals surface area contributed by atoms with Gasteiger partial charge in [0.15, 0.2) is 0 Å². The van der Waals surface area contributed by atoms with Crippen molar-refractivity contribution >= 4 is 0 Å². The SMILES string of the molecule is [C-]#[N+][C@@H]1C[C@@H](O)C(c2ccc3c(c2)CCC3O)C1CCCc1[c-]cccc1.[Y]. The molecule has 143 valence electrons. The molecule has 0 heterocycles. The maximum Gasteiger partial charge on any atom is 0.229 e. The second-order valence-corrected chi connectivity index (χ2v) is 7.98. The van der Waals surface area contributed by atoms with Crippen LogP contribution in [0.15, 0.2) is 42.5 Å². The fourth-order valence-electron chi connectivity index (χ4n) is 5.02. The minimum absolute atomic E-state index is 0. The number of hydrogen-bond donors (Lipinski definition) is 2. The zero-order valence-electron chi connectivity index (χ0n) is 16.1. The van der Waals surface area contributed by atoms with E-state index in [-0.39, 0.29) is 56.7 Å². The van der Waals surface area contributed by atoms with E-state index >= 15 is 0 Å². The van der Waals surface area contributed by atoms with Crippen molar-refractivity contribution in [3.05, 3.63) is 82.2 Å². The van der Waals surface area contributed by atoms with Gasteiger partial charge in [0.2, 0.25) is 6.04 Å². The van der Waals surface area contributed by atoms with E-state index < -0.39 is 6.10 Å². The van der Waals surface area contributed by atoms with Crippen molar-refractivity contribution in [2.24, 2.45) is 5.92 Å². The topological polar surface area (TPSA) is 44.8 Å².